The number of aromatic nitrogens is 3. The Morgan fingerprint density at radius 2 is 2.24 bits per heavy atom. The molecule has 0 bridgehead atoms. The lowest BCUT2D eigenvalue weighted by molar-refractivity contribution is 0.955. The zero-order chi connectivity index (χ0) is 12.1. The molecular weight excluding hydrogens is 272 g/mol. The summed E-state index contributed by atoms with van der Waals surface area (Å²) in [5.41, 5.74) is 1.52. The van der Waals surface area contributed by atoms with Crippen LogP contribution < -0.4 is 0 Å². The molecule has 0 atom stereocenters. The van der Waals surface area contributed by atoms with Gasteiger partial charge in [-0.15, -0.1) is 10.2 Å². The van der Waals surface area contributed by atoms with Crippen molar-refractivity contribution >= 4 is 34.9 Å². The Balaban J connectivity index is 1.99. The van der Waals surface area contributed by atoms with E-state index in [1.165, 1.54) is 0 Å². The molecule has 0 aliphatic rings. The molecule has 7 heteroatoms. The lowest BCUT2D eigenvalue weighted by Gasteiger charge is -1.97. The van der Waals surface area contributed by atoms with Gasteiger partial charge in [0.05, 0.1) is 0 Å². The zero-order valence-corrected chi connectivity index (χ0v) is 11.4. The van der Waals surface area contributed by atoms with E-state index in [4.69, 9.17) is 5.26 Å². The predicted octanol–water partition coefficient (Wildman–Crippen LogP) is 2.82. The van der Waals surface area contributed by atoms with Crippen LogP contribution in [0.4, 0.5) is 0 Å². The molecule has 86 valence electrons. The second-order valence-corrected chi connectivity index (χ2v) is 6.24. The summed E-state index contributed by atoms with van der Waals surface area (Å²) >= 11 is 4.80. The Morgan fingerprint density at radius 3 is 2.94 bits per heavy atom. The van der Waals surface area contributed by atoms with Crippen LogP contribution >= 0.6 is 34.9 Å². The molecule has 2 heterocycles. The van der Waals surface area contributed by atoms with Crippen molar-refractivity contribution in [3.8, 4) is 6.07 Å². The van der Waals surface area contributed by atoms with Crippen molar-refractivity contribution in [2.75, 3.05) is 6.26 Å². The van der Waals surface area contributed by atoms with Crippen molar-refractivity contribution < 1.29 is 0 Å². The minimum Gasteiger partial charge on any atom is -0.246 e. The van der Waals surface area contributed by atoms with Gasteiger partial charge < -0.3 is 0 Å². The van der Waals surface area contributed by atoms with Crippen LogP contribution in [0, 0.1) is 11.3 Å². The number of rotatable bonds is 4. The van der Waals surface area contributed by atoms with Gasteiger partial charge in [0.15, 0.2) is 8.68 Å². The van der Waals surface area contributed by atoms with Crippen molar-refractivity contribution in [2.45, 2.75) is 14.4 Å². The SMILES string of the molecule is CSc1nnc(SCc2ccnc(C#N)c2)s1. The summed E-state index contributed by atoms with van der Waals surface area (Å²) in [6.45, 7) is 0. The van der Waals surface area contributed by atoms with E-state index in [-0.39, 0.29) is 0 Å². The van der Waals surface area contributed by atoms with Gasteiger partial charge >= 0.3 is 0 Å². The van der Waals surface area contributed by atoms with Crippen molar-refractivity contribution in [3.63, 3.8) is 0 Å². The van der Waals surface area contributed by atoms with Crippen LogP contribution in [0.15, 0.2) is 27.0 Å². The molecule has 0 saturated carbocycles. The quantitative estimate of drug-likeness (QED) is 0.802. The second-order valence-electron chi connectivity index (χ2n) is 2.99. The highest BCUT2D eigenvalue weighted by molar-refractivity contribution is 8.02. The summed E-state index contributed by atoms with van der Waals surface area (Å²) in [5.74, 6) is 0.778. The van der Waals surface area contributed by atoms with Crippen LogP contribution in [-0.4, -0.2) is 21.4 Å². The maximum atomic E-state index is 8.74. The Kier molecular flexibility index (Phi) is 4.36. The highest BCUT2D eigenvalue weighted by Gasteiger charge is 2.04. The van der Waals surface area contributed by atoms with Gasteiger partial charge in [-0.3, -0.25) is 0 Å². The third-order valence-corrected chi connectivity index (χ3v) is 4.97. The summed E-state index contributed by atoms with van der Waals surface area (Å²) < 4.78 is 1.92. The van der Waals surface area contributed by atoms with Gasteiger partial charge in [0.25, 0.3) is 0 Å². The Bertz CT molecular complexity index is 546. The molecule has 0 aromatic carbocycles. The van der Waals surface area contributed by atoms with E-state index in [9.17, 15) is 0 Å². The first kappa shape index (κ1) is 12.4. The number of hydrogen-bond acceptors (Lipinski definition) is 7. The standard InChI is InChI=1S/C10H8N4S3/c1-15-9-13-14-10(17-9)16-6-7-2-3-12-8(4-7)5-11/h2-4H,6H2,1H3. The summed E-state index contributed by atoms with van der Waals surface area (Å²) in [6, 6.07) is 5.73. The van der Waals surface area contributed by atoms with Crippen molar-refractivity contribution in [1.29, 1.82) is 5.26 Å². The number of pyridine rings is 1. The molecule has 17 heavy (non-hydrogen) atoms. The maximum Gasteiger partial charge on any atom is 0.175 e. The van der Waals surface area contributed by atoms with E-state index in [2.05, 4.69) is 15.2 Å². The van der Waals surface area contributed by atoms with Crippen LogP contribution in [-0.2, 0) is 5.75 Å². The van der Waals surface area contributed by atoms with Gasteiger partial charge in [0.2, 0.25) is 0 Å². The van der Waals surface area contributed by atoms with Crippen molar-refractivity contribution in [3.05, 3.63) is 29.6 Å². The molecule has 2 rings (SSSR count). The molecule has 2 aromatic rings. The molecule has 0 N–H and O–H groups in total. The fourth-order valence-electron chi connectivity index (χ4n) is 1.11. The maximum absolute atomic E-state index is 8.74. The molecular formula is C10H8N4S3. The molecule has 0 fully saturated rings. The van der Waals surface area contributed by atoms with Crippen LogP contribution in [0.3, 0.4) is 0 Å². The molecule has 0 aliphatic heterocycles. The summed E-state index contributed by atoms with van der Waals surface area (Å²) in [6.07, 6.45) is 3.64. The van der Waals surface area contributed by atoms with E-state index >= 15 is 0 Å². The minimum absolute atomic E-state index is 0.449. The highest BCUT2D eigenvalue weighted by atomic mass is 32.2. The molecule has 4 nitrogen and oxygen atoms in total. The summed E-state index contributed by atoms with van der Waals surface area (Å²) in [5, 5.41) is 16.8. The lowest BCUT2D eigenvalue weighted by Crippen LogP contribution is -1.86. The largest absolute Gasteiger partial charge is 0.246 e. The molecule has 0 amide bonds. The van der Waals surface area contributed by atoms with E-state index in [1.807, 2.05) is 18.4 Å². The normalized spacial score (nSPS) is 10.1. The van der Waals surface area contributed by atoms with Crippen LogP contribution in [0.2, 0.25) is 0 Å². The first-order chi connectivity index (χ1) is 8.31. The van der Waals surface area contributed by atoms with Gasteiger partial charge in [-0.25, -0.2) is 4.98 Å². The van der Waals surface area contributed by atoms with Gasteiger partial charge in [-0.2, -0.15) is 5.26 Å². The fraction of sp³-hybridized carbons (Fsp3) is 0.200. The van der Waals surface area contributed by atoms with Crippen molar-refractivity contribution in [2.24, 2.45) is 0 Å². The van der Waals surface area contributed by atoms with Crippen LogP contribution in [0.1, 0.15) is 11.3 Å². The molecule has 2 aromatic heterocycles. The highest BCUT2D eigenvalue weighted by Crippen LogP contribution is 2.29. The van der Waals surface area contributed by atoms with E-state index in [0.717, 1.165) is 20.0 Å². The average Bonchev–Trinajstić information content (AvgIpc) is 2.84. The van der Waals surface area contributed by atoms with Crippen molar-refractivity contribution in [1.82, 2.24) is 15.2 Å². The second kappa shape index (κ2) is 6.00. The minimum atomic E-state index is 0.449. The molecule has 0 radical (unpaired) electrons. The van der Waals surface area contributed by atoms with E-state index < -0.39 is 0 Å². The predicted molar refractivity (Wildman–Crippen MR) is 70.2 cm³/mol. The molecule has 0 unspecified atom stereocenters. The Labute approximate surface area is 111 Å². The molecule has 0 saturated heterocycles. The topological polar surface area (TPSA) is 62.5 Å². The van der Waals surface area contributed by atoms with Gasteiger partial charge in [-0.1, -0.05) is 34.9 Å². The van der Waals surface area contributed by atoms with Gasteiger partial charge in [-0.05, 0) is 24.0 Å². The van der Waals surface area contributed by atoms with E-state index in [0.29, 0.717) is 5.69 Å². The number of nitriles is 1. The van der Waals surface area contributed by atoms with E-state index in [1.54, 1.807) is 47.1 Å². The summed E-state index contributed by atoms with van der Waals surface area (Å²) in [4.78, 5) is 3.93. The number of nitrogens with zero attached hydrogens (tertiary/aromatic N) is 4. The molecule has 0 spiro atoms. The molecule has 0 aliphatic carbocycles. The monoisotopic (exact) mass is 280 g/mol. The fourth-order valence-corrected chi connectivity index (χ4v) is 3.49. The smallest absolute Gasteiger partial charge is 0.175 e. The zero-order valence-electron chi connectivity index (χ0n) is 8.95. The van der Waals surface area contributed by atoms with Crippen LogP contribution in [0.25, 0.3) is 0 Å². The number of hydrogen-bond donors (Lipinski definition) is 0. The Morgan fingerprint density at radius 1 is 1.41 bits per heavy atom. The van der Waals surface area contributed by atoms with Gasteiger partial charge in [0.1, 0.15) is 11.8 Å². The van der Waals surface area contributed by atoms with Crippen LogP contribution in [0.5, 0.6) is 0 Å². The van der Waals surface area contributed by atoms with Gasteiger partial charge in [0, 0.05) is 11.9 Å². The number of thioether (sulfide) groups is 2. The Hall–Kier alpha value is -1.10. The third-order valence-electron chi connectivity index (χ3n) is 1.86. The third kappa shape index (κ3) is 3.43. The average molecular weight is 280 g/mol. The lowest BCUT2D eigenvalue weighted by atomic mass is 10.2. The summed E-state index contributed by atoms with van der Waals surface area (Å²) in [7, 11) is 0. The first-order valence-electron chi connectivity index (χ1n) is 4.67. The first-order valence-corrected chi connectivity index (χ1v) is 7.70.